The van der Waals surface area contributed by atoms with Crippen LogP contribution < -0.4 is 15.4 Å². The highest BCUT2D eigenvalue weighted by molar-refractivity contribution is 5.99. The fourth-order valence-corrected chi connectivity index (χ4v) is 3.89. The van der Waals surface area contributed by atoms with E-state index in [0.29, 0.717) is 11.1 Å². The second kappa shape index (κ2) is 9.43. The van der Waals surface area contributed by atoms with Gasteiger partial charge in [-0.3, -0.25) is 9.59 Å². The second-order valence-corrected chi connectivity index (χ2v) is 8.59. The van der Waals surface area contributed by atoms with E-state index in [0.717, 1.165) is 35.2 Å². The summed E-state index contributed by atoms with van der Waals surface area (Å²) in [5, 5.41) is 6.81. The van der Waals surface area contributed by atoms with E-state index in [-0.39, 0.29) is 36.1 Å². The zero-order valence-electron chi connectivity index (χ0n) is 18.9. The van der Waals surface area contributed by atoms with Crippen LogP contribution in [0.5, 0.6) is 5.75 Å². The van der Waals surface area contributed by atoms with Gasteiger partial charge in [0, 0.05) is 22.6 Å². The standard InChI is InChI=1S/C28H26N2O4/c1-18(19-13-15-21(16-14-19)30-27(31)20-11-12-20)29-28(32)26-24(17-33-22-7-3-2-4-8-22)23-9-5-6-10-25(23)34-26/h2-10,13-16,18,20H,11-12,17H2,1H3,(H,29,32)(H,30,31). The van der Waals surface area contributed by atoms with Crippen LogP contribution in [0.25, 0.3) is 11.0 Å². The fraction of sp³-hybridized carbons (Fsp3) is 0.214. The predicted octanol–water partition coefficient (Wildman–Crippen LogP) is 5.85. The Morgan fingerprint density at radius 3 is 2.41 bits per heavy atom. The fourth-order valence-electron chi connectivity index (χ4n) is 3.89. The van der Waals surface area contributed by atoms with E-state index in [1.54, 1.807) is 0 Å². The maximum Gasteiger partial charge on any atom is 0.287 e. The highest BCUT2D eigenvalue weighted by Gasteiger charge is 2.29. The molecule has 1 fully saturated rings. The zero-order chi connectivity index (χ0) is 23.5. The van der Waals surface area contributed by atoms with Gasteiger partial charge in [0.2, 0.25) is 5.91 Å². The topological polar surface area (TPSA) is 80.6 Å². The predicted molar refractivity (Wildman–Crippen MR) is 131 cm³/mol. The van der Waals surface area contributed by atoms with Crippen molar-refractivity contribution in [1.29, 1.82) is 0 Å². The minimum Gasteiger partial charge on any atom is -0.489 e. The lowest BCUT2D eigenvalue weighted by atomic mass is 10.1. The van der Waals surface area contributed by atoms with Gasteiger partial charge in [-0.25, -0.2) is 0 Å². The van der Waals surface area contributed by atoms with Crippen molar-refractivity contribution < 1.29 is 18.7 Å². The van der Waals surface area contributed by atoms with Crippen LogP contribution in [0.2, 0.25) is 0 Å². The Morgan fingerprint density at radius 2 is 1.68 bits per heavy atom. The molecule has 2 N–H and O–H groups in total. The van der Waals surface area contributed by atoms with Crippen LogP contribution in [0.15, 0.2) is 83.3 Å². The van der Waals surface area contributed by atoms with E-state index >= 15 is 0 Å². The average molecular weight is 455 g/mol. The van der Waals surface area contributed by atoms with Crippen molar-refractivity contribution in [3.05, 3.63) is 95.7 Å². The number of carbonyl (C=O) groups excluding carboxylic acids is 2. The summed E-state index contributed by atoms with van der Waals surface area (Å²) >= 11 is 0. The van der Waals surface area contributed by atoms with Crippen molar-refractivity contribution in [3.8, 4) is 5.75 Å². The first-order valence-corrected chi connectivity index (χ1v) is 11.5. The third-order valence-electron chi connectivity index (χ3n) is 6.00. The van der Waals surface area contributed by atoms with Gasteiger partial charge in [-0.1, -0.05) is 48.5 Å². The van der Waals surface area contributed by atoms with E-state index in [1.165, 1.54) is 0 Å². The maximum absolute atomic E-state index is 13.2. The van der Waals surface area contributed by atoms with Crippen molar-refractivity contribution in [2.24, 2.45) is 5.92 Å². The molecule has 172 valence electrons. The third-order valence-corrected chi connectivity index (χ3v) is 6.00. The molecule has 1 aromatic heterocycles. The summed E-state index contributed by atoms with van der Waals surface area (Å²) in [5.41, 5.74) is 3.04. The first kappa shape index (κ1) is 21.8. The molecule has 1 heterocycles. The number of furan rings is 1. The Hall–Kier alpha value is -4.06. The SMILES string of the molecule is CC(NC(=O)c1oc2ccccc2c1COc1ccccc1)c1ccc(NC(=O)C2CC2)cc1. The number of para-hydroxylation sites is 2. The summed E-state index contributed by atoms with van der Waals surface area (Å²) in [5.74, 6) is 0.895. The van der Waals surface area contributed by atoms with E-state index in [2.05, 4.69) is 10.6 Å². The molecule has 0 bridgehead atoms. The molecular weight excluding hydrogens is 428 g/mol. The first-order valence-electron chi connectivity index (χ1n) is 11.5. The molecule has 34 heavy (non-hydrogen) atoms. The van der Waals surface area contributed by atoms with Crippen LogP contribution in [0.3, 0.4) is 0 Å². The number of anilines is 1. The Labute approximate surface area is 197 Å². The number of hydrogen-bond acceptors (Lipinski definition) is 4. The highest BCUT2D eigenvalue weighted by atomic mass is 16.5. The summed E-state index contributed by atoms with van der Waals surface area (Å²) in [4.78, 5) is 25.2. The van der Waals surface area contributed by atoms with Crippen LogP contribution in [-0.2, 0) is 11.4 Å². The lowest BCUT2D eigenvalue weighted by Gasteiger charge is -2.15. The number of rotatable bonds is 8. The quantitative estimate of drug-likeness (QED) is 0.350. The van der Waals surface area contributed by atoms with Gasteiger partial charge >= 0.3 is 0 Å². The number of fused-ring (bicyclic) bond motifs is 1. The van der Waals surface area contributed by atoms with E-state index in [4.69, 9.17) is 9.15 Å². The van der Waals surface area contributed by atoms with Crippen LogP contribution in [-0.4, -0.2) is 11.8 Å². The van der Waals surface area contributed by atoms with Gasteiger partial charge in [-0.15, -0.1) is 0 Å². The molecule has 1 aliphatic carbocycles. The summed E-state index contributed by atoms with van der Waals surface area (Å²) in [7, 11) is 0. The van der Waals surface area contributed by atoms with E-state index in [1.807, 2.05) is 85.8 Å². The molecule has 0 radical (unpaired) electrons. The Morgan fingerprint density at radius 1 is 0.971 bits per heavy atom. The minimum atomic E-state index is -0.304. The average Bonchev–Trinajstić information content (AvgIpc) is 3.65. The number of carbonyl (C=O) groups is 2. The summed E-state index contributed by atoms with van der Waals surface area (Å²) in [6, 6.07) is 24.3. The van der Waals surface area contributed by atoms with Crippen molar-refractivity contribution >= 4 is 28.5 Å². The van der Waals surface area contributed by atoms with Crippen LogP contribution >= 0.6 is 0 Å². The molecule has 3 aromatic carbocycles. The zero-order valence-corrected chi connectivity index (χ0v) is 18.9. The third kappa shape index (κ3) is 4.81. The smallest absolute Gasteiger partial charge is 0.287 e. The van der Waals surface area contributed by atoms with E-state index < -0.39 is 0 Å². The van der Waals surface area contributed by atoms with Gasteiger partial charge in [0.05, 0.1) is 6.04 Å². The molecule has 2 amide bonds. The van der Waals surface area contributed by atoms with Gasteiger partial charge in [-0.05, 0) is 55.7 Å². The summed E-state index contributed by atoms with van der Waals surface area (Å²) in [6.45, 7) is 2.13. The van der Waals surface area contributed by atoms with Crippen LogP contribution in [0.1, 0.15) is 47.5 Å². The van der Waals surface area contributed by atoms with Crippen LogP contribution in [0, 0.1) is 5.92 Å². The molecule has 1 saturated carbocycles. The van der Waals surface area contributed by atoms with Crippen molar-refractivity contribution in [3.63, 3.8) is 0 Å². The summed E-state index contributed by atoms with van der Waals surface area (Å²) in [6.07, 6.45) is 1.93. The summed E-state index contributed by atoms with van der Waals surface area (Å²) < 4.78 is 11.9. The number of amides is 2. The Balaban J connectivity index is 1.31. The van der Waals surface area contributed by atoms with Crippen molar-refractivity contribution in [2.45, 2.75) is 32.4 Å². The molecule has 5 rings (SSSR count). The number of hydrogen-bond donors (Lipinski definition) is 2. The van der Waals surface area contributed by atoms with Gasteiger partial charge in [-0.2, -0.15) is 0 Å². The molecule has 0 aliphatic heterocycles. The monoisotopic (exact) mass is 454 g/mol. The van der Waals surface area contributed by atoms with Crippen LogP contribution in [0.4, 0.5) is 5.69 Å². The Kier molecular flexibility index (Phi) is 6.04. The maximum atomic E-state index is 13.2. The van der Waals surface area contributed by atoms with Gasteiger partial charge in [0.25, 0.3) is 5.91 Å². The number of benzene rings is 3. The number of nitrogens with one attached hydrogen (secondary N) is 2. The normalized spacial score (nSPS) is 13.9. The molecule has 4 aromatic rings. The van der Waals surface area contributed by atoms with Gasteiger partial charge in [0.1, 0.15) is 17.9 Å². The largest absolute Gasteiger partial charge is 0.489 e. The first-order chi connectivity index (χ1) is 16.6. The molecule has 0 spiro atoms. The lowest BCUT2D eigenvalue weighted by molar-refractivity contribution is -0.117. The van der Waals surface area contributed by atoms with Gasteiger partial charge < -0.3 is 19.8 Å². The molecule has 1 aliphatic rings. The van der Waals surface area contributed by atoms with Gasteiger partial charge in [0.15, 0.2) is 5.76 Å². The number of ether oxygens (including phenoxy) is 1. The molecule has 0 saturated heterocycles. The minimum absolute atomic E-state index is 0.0734. The molecular formula is C28H26N2O4. The highest BCUT2D eigenvalue weighted by Crippen LogP contribution is 2.31. The van der Waals surface area contributed by atoms with Crippen molar-refractivity contribution in [1.82, 2.24) is 5.32 Å². The molecule has 6 nitrogen and oxygen atoms in total. The van der Waals surface area contributed by atoms with E-state index in [9.17, 15) is 9.59 Å². The lowest BCUT2D eigenvalue weighted by Crippen LogP contribution is -2.27. The molecule has 1 atom stereocenters. The molecule has 1 unspecified atom stereocenters. The Bertz CT molecular complexity index is 1310. The second-order valence-electron chi connectivity index (χ2n) is 8.59. The molecule has 6 heteroatoms. The van der Waals surface area contributed by atoms with Crippen molar-refractivity contribution in [2.75, 3.05) is 5.32 Å².